The molecule has 35 heavy (non-hydrogen) atoms. The molecule has 2 aromatic heterocycles. The molecule has 5 aromatic rings. The number of anilines is 2. The van der Waals surface area contributed by atoms with Crippen LogP contribution in [0, 0.1) is 0 Å². The molecule has 0 saturated heterocycles. The van der Waals surface area contributed by atoms with E-state index in [4.69, 9.17) is 28.2 Å². The number of nitrogens with one attached hydrogen (secondary N) is 2. The maximum atomic E-state index is 12.6. The summed E-state index contributed by atoms with van der Waals surface area (Å²) in [4.78, 5) is 17.3. The molecule has 0 fully saturated rings. The Morgan fingerprint density at radius 3 is 2.57 bits per heavy atom. The fourth-order valence-corrected chi connectivity index (χ4v) is 4.33. The molecule has 2 heterocycles. The van der Waals surface area contributed by atoms with Gasteiger partial charge in [0.05, 0.1) is 16.4 Å². The molecule has 0 atom stereocenters. The standard InChI is InChI=1S/C26H18BrCl2N5O/c27-21-15-31-34-24(13-23(33-25(21)34)20-6-1-2-7-22(20)29)30-14-16-4-3-5-19(12-16)32-26(35)17-8-10-18(28)11-9-17/h1-13,15,30H,14H2,(H,32,35). The minimum Gasteiger partial charge on any atom is -0.366 e. The van der Waals surface area contributed by atoms with Gasteiger partial charge in [-0.15, -0.1) is 0 Å². The van der Waals surface area contributed by atoms with E-state index in [1.807, 2.05) is 54.6 Å². The average Bonchev–Trinajstić information content (AvgIpc) is 3.24. The van der Waals surface area contributed by atoms with Crippen molar-refractivity contribution in [2.45, 2.75) is 6.54 Å². The number of fused-ring (bicyclic) bond motifs is 1. The van der Waals surface area contributed by atoms with Crippen LogP contribution in [0.15, 0.2) is 89.5 Å². The average molecular weight is 567 g/mol. The summed E-state index contributed by atoms with van der Waals surface area (Å²) in [6, 6.07) is 23.9. The van der Waals surface area contributed by atoms with Crippen LogP contribution in [0.25, 0.3) is 16.9 Å². The summed E-state index contributed by atoms with van der Waals surface area (Å²) < 4.78 is 2.51. The lowest BCUT2D eigenvalue weighted by Crippen LogP contribution is -2.12. The van der Waals surface area contributed by atoms with E-state index < -0.39 is 0 Å². The van der Waals surface area contributed by atoms with E-state index in [0.29, 0.717) is 33.5 Å². The van der Waals surface area contributed by atoms with Gasteiger partial charge in [-0.1, -0.05) is 53.5 Å². The summed E-state index contributed by atoms with van der Waals surface area (Å²) in [5.41, 5.74) is 4.45. The minimum atomic E-state index is -0.201. The molecular formula is C26H18BrCl2N5O. The Balaban J connectivity index is 1.38. The predicted molar refractivity (Wildman–Crippen MR) is 144 cm³/mol. The fourth-order valence-electron chi connectivity index (χ4n) is 3.63. The Labute approximate surface area is 220 Å². The second-order valence-corrected chi connectivity index (χ2v) is 9.45. The predicted octanol–water partition coefficient (Wildman–Crippen LogP) is 7.33. The zero-order valence-corrected chi connectivity index (χ0v) is 21.3. The molecule has 1 amide bonds. The molecule has 5 rings (SSSR count). The summed E-state index contributed by atoms with van der Waals surface area (Å²) in [6.45, 7) is 0.503. The van der Waals surface area contributed by atoms with E-state index in [0.717, 1.165) is 27.1 Å². The first-order valence-electron chi connectivity index (χ1n) is 10.7. The summed E-state index contributed by atoms with van der Waals surface area (Å²) >= 11 is 15.9. The first-order valence-corrected chi connectivity index (χ1v) is 12.2. The maximum absolute atomic E-state index is 12.6. The second kappa shape index (κ2) is 10.1. The SMILES string of the molecule is O=C(Nc1cccc(CNc2cc(-c3ccccc3Cl)nc3c(Br)cnn23)c1)c1ccc(Cl)cc1. The van der Waals surface area contributed by atoms with Crippen LogP contribution in [0.4, 0.5) is 11.5 Å². The second-order valence-electron chi connectivity index (χ2n) is 7.75. The third-order valence-electron chi connectivity index (χ3n) is 5.34. The number of carbonyl (C=O) groups is 1. The number of benzene rings is 3. The van der Waals surface area contributed by atoms with Crippen LogP contribution in [0.5, 0.6) is 0 Å². The van der Waals surface area contributed by atoms with Crippen molar-refractivity contribution in [1.29, 1.82) is 0 Å². The van der Waals surface area contributed by atoms with Crippen LogP contribution in [-0.2, 0) is 6.54 Å². The van der Waals surface area contributed by atoms with E-state index in [9.17, 15) is 4.79 Å². The maximum Gasteiger partial charge on any atom is 0.255 e. The van der Waals surface area contributed by atoms with Crippen molar-refractivity contribution >= 4 is 62.2 Å². The van der Waals surface area contributed by atoms with Crippen molar-refractivity contribution in [1.82, 2.24) is 14.6 Å². The van der Waals surface area contributed by atoms with Gasteiger partial charge in [0.25, 0.3) is 5.91 Å². The van der Waals surface area contributed by atoms with E-state index in [2.05, 4.69) is 31.7 Å². The van der Waals surface area contributed by atoms with Crippen LogP contribution >= 0.6 is 39.1 Å². The number of amides is 1. The van der Waals surface area contributed by atoms with Gasteiger partial charge in [-0.05, 0) is 64.0 Å². The zero-order chi connectivity index (χ0) is 24.4. The summed E-state index contributed by atoms with van der Waals surface area (Å²) in [7, 11) is 0. The van der Waals surface area contributed by atoms with Crippen LogP contribution in [0.3, 0.4) is 0 Å². The largest absolute Gasteiger partial charge is 0.366 e. The Hall–Kier alpha value is -3.39. The van der Waals surface area contributed by atoms with Crippen LogP contribution < -0.4 is 10.6 Å². The molecule has 0 saturated carbocycles. The first-order chi connectivity index (χ1) is 17.0. The summed E-state index contributed by atoms with van der Waals surface area (Å²) in [5, 5.41) is 12.0. The molecule has 9 heteroatoms. The van der Waals surface area contributed by atoms with Crippen LogP contribution in [0.2, 0.25) is 10.0 Å². The van der Waals surface area contributed by atoms with Crippen molar-refractivity contribution in [2.24, 2.45) is 0 Å². The lowest BCUT2D eigenvalue weighted by molar-refractivity contribution is 0.102. The van der Waals surface area contributed by atoms with E-state index in [1.54, 1.807) is 35.0 Å². The van der Waals surface area contributed by atoms with E-state index in [-0.39, 0.29) is 5.91 Å². The number of rotatable bonds is 6. The Kier molecular flexibility index (Phi) is 6.72. The minimum absolute atomic E-state index is 0.201. The van der Waals surface area contributed by atoms with Gasteiger partial charge in [0, 0.05) is 39.5 Å². The molecule has 0 spiro atoms. The van der Waals surface area contributed by atoms with Gasteiger partial charge in [-0.3, -0.25) is 4.79 Å². The third-order valence-corrected chi connectivity index (χ3v) is 6.48. The fraction of sp³-hybridized carbons (Fsp3) is 0.0385. The van der Waals surface area contributed by atoms with Crippen molar-refractivity contribution < 1.29 is 4.79 Å². The van der Waals surface area contributed by atoms with Gasteiger partial charge in [-0.2, -0.15) is 9.61 Å². The molecule has 0 radical (unpaired) electrons. The third kappa shape index (κ3) is 5.17. The van der Waals surface area contributed by atoms with Crippen LogP contribution in [0.1, 0.15) is 15.9 Å². The van der Waals surface area contributed by atoms with Crippen molar-refractivity contribution in [3.8, 4) is 11.3 Å². The van der Waals surface area contributed by atoms with Gasteiger partial charge in [0.2, 0.25) is 0 Å². The monoisotopic (exact) mass is 565 g/mol. The molecule has 0 aliphatic heterocycles. The van der Waals surface area contributed by atoms with E-state index in [1.165, 1.54) is 0 Å². The molecule has 6 nitrogen and oxygen atoms in total. The molecule has 0 bridgehead atoms. The van der Waals surface area contributed by atoms with Gasteiger partial charge in [0.15, 0.2) is 5.65 Å². The number of halogens is 3. The lowest BCUT2D eigenvalue weighted by atomic mass is 10.1. The number of nitrogens with zero attached hydrogens (tertiary/aromatic N) is 3. The van der Waals surface area contributed by atoms with E-state index >= 15 is 0 Å². The highest BCUT2D eigenvalue weighted by Gasteiger charge is 2.13. The molecule has 174 valence electrons. The Morgan fingerprint density at radius 1 is 0.971 bits per heavy atom. The van der Waals surface area contributed by atoms with Gasteiger partial charge in [-0.25, -0.2) is 4.98 Å². The zero-order valence-electron chi connectivity index (χ0n) is 18.2. The lowest BCUT2D eigenvalue weighted by Gasteiger charge is -2.13. The van der Waals surface area contributed by atoms with Crippen molar-refractivity contribution in [3.05, 3.63) is 111 Å². The number of carbonyl (C=O) groups excluding carboxylic acids is 1. The normalized spacial score (nSPS) is 10.9. The molecule has 0 aliphatic carbocycles. The van der Waals surface area contributed by atoms with Crippen molar-refractivity contribution in [2.75, 3.05) is 10.6 Å². The Bertz CT molecular complexity index is 1540. The van der Waals surface area contributed by atoms with Crippen LogP contribution in [-0.4, -0.2) is 20.5 Å². The van der Waals surface area contributed by atoms with Gasteiger partial charge >= 0.3 is 0 Å². The quantitative estimate of drug-likeness (QED) is 0.226. The Morgan fingerprint density at radius 2 is 1.77 bits per heavy atom. The summed E-state index contributed by atoms with van der Waals surface area (Å²) in [6.07, 6.45) is 1.71. The highest BCUT2D eigenvalue weighted by Crippen LogP contribution is 2.30. The molecule has 3 aromatic carbocycles. The summed E-state index contributed by atoms with van der Waals surface area (Å²) in [5.74, 6) is 0.555. The number of aromatic nitrogens is 3. The molecule has 2 N–H and O–H groups in total. The first kappa shape index (κ1) is 23.4. The number of hydrogen-bond donors (Lipinski definition) is 2. The highest BCUT2D eigenvalue weighted by molar-refractivity contribution is 9.10. The molecule has 0 aliphatic rings. The highest BCUT2D eigenvalue weighted by atomic mass is 79.9. The topological polar surface area (TPSA) is 71.3 Å². The van der Waals surface area contributed by atoms with Crippen molar-refractivity contribution in [3.63, 3.8) is 0 Å². The van der Waals surface area contributed by atoms with Gasteiger partial charge in [0.1, 0.15) is 5.82 Å². The molecule has 0 unspecified atom stereocenters. The van der Waals surface area contributed by atoms with Gasteiger partial charge < -0.3 is 10.6 Å². The smallest absolute Gasteiger partial charge is 0.255 e. The molecular weight excluding hydrogens is 549 g/mol. The number of hydrogen-bond acceptors (Lipinski definition) is 4.